The summed E-state index contributed by atoms with van der Waals surface area (Å²) in [5.41, 5.74) is 5.09. The largest absolute Gasteiger partial charge is 0.459 e. The highest BCUT2D eigenvalue weighted by Crippen LogP contribution is 2.27. The smallest absolute Gasteiger partial charge is 0.255 e. The van der Waals surface area contributed by atoms with Crippen molar-refractivity contribution in [3.05, 3.63) is 147 Å². The molecule has 0 saturated carbocycles. The van der Waals surface area contributed by atoms with Crippen LogP contribution in [0, 0.1) is 6.92 Å². The molecule has 0 aliphatic carbocycles. The number of hydrogen-bond acceptors (Lipinski definition) is 8. The third kappa shape index (κ3) is 10.9. The van der Waals surface area contributed by atoms with Gasteiger partial charge in [0.1, 0.15) is 11.5 Å². The second-order valence-electron chi connectivity index (χ2n) is 12.2. The van der Waals surface area contributed by atoms with Crippen LogP contribution in [-0.2, 0) is 49.1 Å². The standard InChI is InChI=1S/C38H37Cl2N5O7S2/c1-27-8-16-35(17-9-27)54(50,51)45(24-30-10-11-31(39)22-37(30)40)25-34-15-14-33(52-34)23-41-43-38(47)26-44(21-20-29-6-4-3-5-7-29)53(48,49)36-18-12-32(13-19-36)42-28(2)46/h3-19,22-23H,20-21,24-26H2,1-2H3,(H,42,46)(H,43,47)/b41-23-. The minimum absolute atomic E-state index is 0.00169. The van der Waals surface area contributed by atoms with Crippen LogP contribution in [0.5, 0.6) is 0 Å². The first kappa shape index (κ1) is 40.4. The van der Waals surface area contributed by atoms with E-state index in [0.717, 1.165) is 15.4 Å². The van der Waals surface area contributed by atoms with Crippen molar-refractivity contribution in [3.8, 4) is 0 Å². The number of carbonyl (C=O) groups excluding carboxylic acids is 2. The number of benzene rings is 4. The maximum absolute atomic E-state index is 13.8. The highest BCUT2D eigenvalue weighted by atomic mass is 35.5. The van der Waals surface area contributed by atoms with Crippen molar-refractivity contribution in [1.29, 1.82) is 0 Å². The zero-order valence-corrected chi connectivity index (χ0v) is 32.4. The molecule has 5 aromatic rings. The van der Waals surface area contributed by atoms with Gasteiger partial charge in [0.2, 0.25) is 26.0 Å². The van der Waals surface area contributed by atoms with Crippen LogP contribution in [-0.4, -0.2) is 56.6 Å². The average Bonchev–Trinajstić information content (AvgIpc) is 3.58. The molecule has 12 nitrogen and oxygen atoms in total. The fraction of sp³-hybridized carbons (Fsp3) is 0.184. The Morgan fingerprint density at radius 1 is 0.796 bits per heavy atom. The van der Waals surface area contributed by atoms with Crippen molar-refractivity contribution >= 4 is 67.0 Å². The molecule has 0 fully saturated rings. The Kier molecular flexibility index (Phi) is 13.5. The maximum Gasteiger partial charge on any atom is 0.255 e. The topological polar surface area (TPSA) is 158 Å². The molecule has 0 radical (unpaired) electrons. The highest BCUT2D eigenvalue weighted by molar-refractivity contribution is 7.89. The molecule has 0 spiro atoms. The molecule has 16 heteroatoms. The van der Waals surface area contributed by atoms with Gasteiger partial charge in [0.05, 0.1) is 29.1 Å². The fourth-order valence-corrected chi connectivity index (χ4v) is 8.51. The molecule has 54 heavy (non-hydrogen) atoms. The lowest BCUT2D eigenvalue weighted by Crippen LogP contribution is -2.40. The summed E-state index contributed by atoms with van der Waals surface area (Å²) in [6.07, 6.45) is 1.57. The van der Waals surface area contributed by atoms with E-state index in [-0.39, 0.29) is 46.9 Å². The first-order chi connectivity index (χ1) is 25.7. The number of aryl methyl sites for hydroxylation is 1. The van der Waals surface area contributed by atoms with E-state index in [1.165, 1.54) is 59.9 Å². The van der Waals surface area contributed by atoms with Gasteiger partial charge < -0.3 is 9.73 Å². The summed E-state index contributed by atoms with van der Waals surface area (Å²) < 4.78 is 63.1. The van der Waals surface area contributed by atoms with Gasteiger partial charge in [-0.05, 0) is 85.1 Å². The monoisotopic (exact) mass is 809 g/mol. The van der Waals surface area contributed by atoms with E-state index in [2.05, 4.69) is 15.8 Å². The normalized spacial score (nSPS) is 12.0. The van der Waals surface area contributed by atoms with Crippen LogP contribution >= 0.6 is 23.2 Å². The summed E-state index contributed by atoms with van der Waals surface area (Å²) in [5.74, 6) is -0.521. The van der Waals surface area contributed by atoms with Gasteiger partial charge in [0.15, 0.2) is 0 Å². The Bertz CT molecular complexity index is 2340. The van der Waals surface area contributed by atoms with Crippen LogP contribution < -0.4 is 10.7 Å². The van der Waals surface area contributed by atoms with Crippen LogP contribution in [0.15, 0.2) is 129 Å². The third-order valence-electron chi connectivity index (χ3n) is 8.04. The van der Waals surface area contributed by atoms with E-state index in [0.29, 0.717) is 27.7 Å². The number of carbonyl (C=O) groups is 2. The molecule has 0 saturated heterocycles. The minimum atomic E-state index is -4.14. The molecule has 1 heterocycles. The summed E-state index contributed by atoms with van der Waals surface area (Å²) in [6, 6.07) is 29.3. The molecule has 4 aromatic carbocycles. The first-order valence-corrected chi connectivity index (χ1v) is 20.2. The van der Waals surface area contributed by atoms with E-state index in [9.17, 15) is 26.4 Å². The van der Waals surface area contributed by atoms with E-state index in [1.54, 1.807) is 36.4 Å². The lowest BCUT2D eigenvalue weighted by atomic mass is 10.1. The Morgan fingerprint density at radius 2 is 1.44 bits per heavy atom. The number of hydrogen-bond donors (Lipinski definition) is 2. The van der Waals surface area contributed by atoms with Crippen LogP contribution in [0.25, 0.3) is 0 Å². The summed E-state index contributed by atoms with van der Waals surface area (Å²) >= 11 is 12.5. The lowest BCUT2D eigenvalue weighted by Gasteiger charge is -2.22. The molecule has 0 bridgehead atoms. The zero-order chi connectivity index (χ0) is 38.9. The Balaban J connectivity index is 1.29. The number of rotatable bonds is 16. The SMILES string of the molecule is CC(=O)Nc1ccc(S(=O)(=O)N(CCc2ccccc2)CC(=O)N/N=C\c2ccc(CN(Cc3ccc(Cl)cc3Cl)S(=O)(=O)c3ccc(C)cc3)o2)cc1. The van der Waals surface area contributed by atoms with Gasteiger partial charge in [0.25, 0.3) is 5.91 Å². The third-order valence-corrected chi connectivity index (χ3v) is 12.3. The minimum Gasteiger partial charge on any atom is -0.459 e. The second kappa shape index (κ2) is 18.0. The Labute approximate surface area is 324 Å². The van der Waals surface area contributed by atoms with Gasteiger partial charge in [-0.1, -0.05) is 77.3 Å². The van der Waals surface area contributed by atoms with Crippen LogP contribution in [0.4, 0.5) is 5.69 Å². The molecule has 2 N–H and O–H groups in total. The number of amides is 2. The molecule has 0 aliphatic heterocycles. The highest BCUT2D eigenvalue weighted by Gasteiger charge is 2.28. The fourth-order valence-electron chi connectivity index (χ4n) is 5.26. The van der Waals surface area contributed by atoms with Gasteiger partial charge in [-0.2, -0.15) is 13.7 Å². The summed E-state index contributed by atoms with van der Waals surface area (Å²) in [4.78, 5) is 24.5. The van der Waals surface area contributed by atoms with Crippen molar-refractivity contribution in [2.75, 3.05) is 18.4 Å². The van der Waals surface area contributed by atoms with Crippen molar-refractivity contribution in [1.82, 2.24) is 14.0 Å². The molecule has 282 valence electrons. The molecule has 1 aromatic heterocycles. The van der Waals surface area contributed by atoms with Crippen molar-refractivity contribution in [2.24, 2.45) is 5.10 Å². The number of halogens is 2. The number of hydrazone groups is 1. The molecule has 2 amide bonds. The van der Waals surface area contributed by atoms with E-state index >= 15 is 0 Å². The molecular formula is C38H37Cl2N5O7S2. The average molecular weight is 811 g/mol. The molecular weight excluding hydrogens is 773 g/mol. The molecule has 0 aliphatic rings. The summed E-state index contributed by atoms with van der Waals surface area (Å²) in [7, 11) is -8.15. The van der Waals surface area contributed by atoms with E-state index < -0.39 is 32.5 Å². The number of sulfonamides is 2. The quantitative estimate of drug-likeness (QED) is 0.0837. The Hall–Kier alpha value is -4.83. The predicted molar refractivity (Wildman–Crippen MR) is 208 cm³/mol. The van der Waals surface area contributed by atoms with Crippen LogP contribution in [0.3, 0.4) is 0 Å². The molecule has 0 atom stereocenters. The number of nitrogens with zero attached hydrogens (tertiary/aromatic N) is 3. The maximum atomic E-state index is 13.8. The predicted octanol–water partition coefficient (Wildman–Crippen LogP) is 6.63. The molecule has 0 unspecified atom stereocenters. The van der Waals surface area contributed by atoms with Crippen LogP contribution in [0.2, 0.25) is 10.0 Å². The van der Waals surface area contributed by atoms with E-state index in [1.807, 2.05) is 37.3 Å². The van der Waals surface area contributed by atoms with E-state index in [4.69, 9.17) is 27.6 Å². The van der Waals surface area contributed by atoms with Gasteiger partial charge >= 0.3 is 0 Å². The lowest BCUT2D eigenvalue weighted by molar-refractivity contribution is -0.121. The molecule has 5 rings (SSSR count). The van der Waals surface area contributed by atoms with Crippen molar-refractivity contribution < 1.29 is 30.8 Å². The first-order valence-electron chi connectivity index (χ1n) is 16.5. The zero-order valence-electron chi connectivity index (χ0n) is 29.3. The second-order valence-corrected chi connectivity index (χ2v) is 16.9. The Morgan fingerprint density at radius 3 is 2.09 bits per heavy atom. The van der Waals surface area contributed by atoms with Crippen molar-refractivity contribution in [3.63, 3.8) is 0 Å². The number of nitrogens with one attached hydrogen (secondary N) is 2. The number of furan rings is 1. The van der Waals surface area contributed by atoms with Gasteiger partial charge in [-0.3, -0.25) is 9.59 Å². The van der Waals surface area contributed by atoms with Gasteiger partial charge in [-0.25, -0.2) is 22.3 Å². The van der Waals surface area contributed by atoms with Gasteiger partial charge in [-0.15, -0.1) is 0 Å². The van der Waals surface area contributed by atoms with Gasteiger partial charge in [0, 0.05) is 35.7 Å². The number of anilines is 1. The summed E-state index contributed by atoms with van der Waals surface area (Å²) in [5, 5.41) is 7.26. The van der Waals surface area contributed by atoms with Crippen LogP contribution in [0.1, 0.15) is 35.1 Å². The summed E-state index contributed by atoms with van der Waals surface area (Å²) in [6.45, 7) is 2.43. The van der Waals surface area contributed by atoms with Crippen molar-refractivity contribution in [2.45, 2.75) is 43.1 Å².